The van der Waals surface area contributed by atoms with Crippen molar-refractivity contribution in [3.8, 4) is 0 Å². The van der Waals surface area contributed by atoms with Crippen LogP contribution in [0.4, 0.5) is 0 Å². The third-order valence-electron chi connectivity index (χ3n) is 3.12. The Bertz CT molecular complexity index is 304. The molecule has 3 rings (SSSR count). The fraction of sp³-hybridized carbons (Fsp3) is 0.500. The minimum absolute atomic E-state index is 0.815. The molecule has 14 heavy (non-hydrogen) atoms. The van der Waals surface area contributed by atoms with Gasteiger partial charge in [0.25, 0.3) is 0 Å². The maximum atomic E-state index is 2.27. The lowest BCUT2D eigenvalue weighted by molar-refractivity contribution is 0.602. The molecule has 0 atom stereocenters. The highest BCUT2D eigenvalue weighted by Crippen LogP contribution is 2.53. The van der Waals surface area contributed by atoms with Crippen LogP contribution in [0.15, 0.2) is 34.1 Å². The van der Waals surface area contributed by atoms with Crippen molar-refractivity contribution in [2.45, 2.75) is 40.1 Å². The quantitative estimate of drug-likeness (QED) is 0.690. The van der Waals surface area contributed by atoms with E-state index in [9.17, 15) is 0 Å². The van der Waals surface area contributed by atoms with Crippen molar-refractivity contribution in [1.82, 2.24) is 0 Å². The summed E-state index contributed by atoms with van der Waals surface area (Å²) in [6, 6.07) is 8.84. The van der Waals surface area contributed by atoms with Gasteiger partial charge in [-0.2, -0.15) is 0 Å². The van der Waals surface area contributed by atoms with Gasteiger partial charge >= 0.3 is 0 Å². The smallest absolute Gasteiger partial charge is 0.0625 e. The molecule has 0 radical (unpaired) electrons. The number of hydrogen-bond donors (Lipinski definition) is 0. The van der Waals surface area contributed by atoms with Crippen molar-refractivity contribution < 1.29 is 0 Å². The average molecular weight is 222 g/mol. The van der Waals surface area contributed by atoms with Gasteiger partial charge in [0.2, 0.25) is 0 Å². The van der Waals surface area contributed by atoms with E-state index in [1.54, 1.807) is 0 Å². The Labute approximate surface area is 93.9 Å². The second-order valence-corrected chi connectivity index (χ2v) is 6.76. The highest BCUT2D eigenvalue weighted by Gasteiger charge is 2.31. The largest absolute Gasteiger partial charge is 0.110 e. The predicted molar refractivity (Wildman–Crippen MR) is 63.9 cm³/mol. The summed E-state index contributed by atoms with van der Waals surface area (Å²) in [6.07, 6.45) is 5.83. The van der Waals surface area contributed by atoms with Crippen molar-refractivity contribution in [1.29, 1.82) is 0 Å². The van der Waals surface area contributed by atoms with E-state index >= 15 is 0 Å². The van der Waals surface area contributed by atoms with E-state index in [-0.39, 0.29) is 0 Å². The highest BCUT2D eigenvalue weighted by atomic mass is 32.2. The minimum atomic E-state index is 0.815. The number of thioether (sulfide) groups is 2. The van der Waals surface area contributed by atoms with Crippen molar-refractivity contribution in [2.24, 2.45) is 5.92 Å². The molecule has 0 amide bonds. The van der Waals surface area contributed by atoms with Crippen LogP contribution in [-0.2, 0) is 0 Å². The Hall–Kier alpha value is -0.0800. The number of rotatable bonds is 1. The van der Waals surface area contributed by atoms with Crippen molar-refractivity contribution in [3.63, 3.8) is 0 Å². The molecule has 2 heteroatoms. The second kappa shape index (κ2) is 3.82. The summed E-state index contributed by atoms with van der Waals surface area (Å²) in [5.41, 5.74) is 0. The van der Waals surface area contributed by atoms with Gasteiger partial charge in [0.05, 0.1) is 4.58 Å². The average Bonchev–Trinajstić information content (AvgIpc) is 2.86. The molecule has 2 aliphatic rings. The SMILES string of the molecule is c1ccc2c(c1)SC(C1CCCC1)S2. The van der Waals surface area contributed by atoms with Crippen LogP contribution in [0.5, 0.6) is 0 Å². The van der Waals surface area contributed by atoms with Crippen molar-refractivity contribution >= 4 is 23.5 Å². The van der Waals surface area contributed by atoms with Crippen LogP contribution in [0.1, 0.15) is 25.7 Å². The molecule has 0 N–H and O–H groups in total. The first-order valence-electron chi connectivity index (χ1n) is 5.36. The van der Waals surface area contributed by atoms with Gasteiger partial charge in [0.1, 0.15) is 0 Å². The van der Waals surface area contributed by atoms with Gasteiger partial charge in [-0.05, 0) is 30.9 Å². The molecule has 1 aromatic carbocycles. The minimum Gasteiger partial charge on any atom is -0.110 e. The van der Waals surface area contributed by atoms with E-state index in [0.29, 0.717) is 0 Å². The van der Waals surface area contributed by atoms with Crippen molar-refractivity contribution in [3.05, 3.63) is 24.3 Å². The second-order valence-electron chi connectivity index (χ2n) is 4.10. The molecule has 1 aliphatic heterocycles. The van der Waals surface area contributed by atoms with Gasteiger partial charge < -0.3 is 0 Å². The van der Waals surface area contributed by atoms with E-state index in [4.69, 9.17) is 0 Å². The van der Waals surface area contributed by atoms with Crippen LogP contribution in [0.25, 0.3) is 0 Å². The summed E-state index contributed by atoms with van der Waals surface area (Å²) < 4.78 is 0.815. The van der Waals surface area contributed by atoms with Gasteiger partial charge in [-0.3, -0.25) is 0 Å². The Morgan fingerprint density at radius 1 is 0.929 bits per heavy atom. The van der Waals surface area contributed by atoms with Gasteiger partial charge in [-0.1, -0.05) is 25.0 Å². The topological polar surface area (TPSA) is 0 Å². The Morgan fingerprint density at radius 3 is 2.07 bits per heavy atom. The van der Waals surface area contributed by atoms with E-state index < -0.39 is 0 Å². The third kappa shape index (κ3) is 1.59. The molecule has 1 heterocycles. The summed E-state index contributed by atoms with van der Waals surface area (Å²) in [5, 5.41) is 0. The van der Waals surface area contributed by atoms with Crippen LogP contribution < -0.4 is 0 Å². The molecule has 0 spiro atoms. The molecule has 1 aliphatic carbocycles. The lowest BCUT2D eigenvalue weighted by atomic mass is 10.1. The first kappa shape index (κ1) is 9.17. The molecule has 0 nitrogen and oxygen atoms in total. The lowest BCUT2D eigenvalue weighted by Gasteiger charge is -2.14. The molecule has 1 fully saturated rings. The van der Waals surface area contributed by atoms with Crippen LogP contribution >= 0.6 is 23.5 Å². The number of fused-ring (bicyclic) bond motifs is 1. The summed E-state index contributed by atoms with van der Waals surface area (Å²) in [4.78, 5) is 3.02. The fourth-order valence-electron chi connectivity index (χ4n) is 2.34. The van der Waals surface area contributed by atoms with Gasteiger partial charge in [-0.25, -0.2) is 0 Å². The molecule has 1 aromatic rings. The Morgan fingerprint density at radius 2 is 1.50 bits per heavy atom. The van der Waals surface area contributed by atoms with Gasteiger partial charge in [0.15, 0.2) is 0 Å². The first-order valence-corrected chi connectivity index (χ1v) is 7.12. The van der Waals surface area contributed by atoms with Crippen LogP contribution in [0.2, 0.25) is 0 Å². The standard InChI is InChI=1S/C12H14S2/c1-2-6-9(5-1)12-13-10-7-3-4-8-11(10)14-12/h3-4,7-9,12H,1-2,5-6H2. The third-order valence-corrected chi connectivity index (χ3v) is 6.28. The number of hydrogen-bond acceptors (Lipinski definition) is 2. The number of benzene rings is 1. The fourth-order valence-corrected chi connectivity index (χ4v) is 5.56. The van der Waals surface area contributed by atoms with Gasteiger partial charge in [0, 0.05) is 9.79 Å². The van der Waals surface area contributed by atoms with Gasteiger partial charge in [-0.15, -0.1) is 23.5 Å². The van der Waals surface area contributed by atoms with Crippen LogP contribution in [0.3, 0.4) is 0 Å². The summed E-state index contributed by atoms with van der Waals surface area (Å²) >= 11 is 4.19. The zero-order valence-electron chi connectivity index (χ0n) is 8.11. The van der Waals surface area contributed by atoms with E-state index in [2.05, 4.69) is 47.8 Å². The molecule has 0 aromatic heterocycles. The highest BCUT2D eigenvalue weighted by molar-refractivity contribution is 8.19. The lowest BCUT2D eigenvalue weighted by Crippen LogP contribution is -2.06. The zero-order valence-corrected chi connectivity index (χ0v) is 9.74. The maximum absolute atomic E-state index is 2.27. The molecule has 0 unspecified atom stereocenters. The van der Waals surface area contributed by atoms with Crippen molar-refractivity contribution in [2.75, 3.05) is 0 Å². The molecule has 0 saturated heterocycles. The molecule has 1 saturated carbocycles. The van der Waals surface area contributed by atoms with Crippen LogP contribution in [0, 0.1) is 5.92 Å². The normalized spacial score (nSPS) is 22.9. The Kier molecular flexibility index (Phi) is 2.50. The summed E-state index contributed by atoms with van der Waals surface area (Å²) in [5.74, 6) is 0.970. The summed E-state index contributed by atoms with van der Waals surface area (Å²) in [6.45, 7) is 0. The van der Waals surface area contributed by atoms with E-state index in [0.717, 1.165) is 10.5 Å². The monoisotopic (exact) mass is 222 g/mol. The Balaban J connectivity index is 1.77. The van der Waals surface area contributed by atoms with E-state index in [1.165, 1.54) is 35.5 Å². The molecular weight excluding hydrogens is 208 g/mol. The molecule has 74 valence electrons. The summed E-state index contributed by atoms with van der Waals surface area (Å²) in [7, 11) is 0. The molecular formula is C12H14S2. The maximum Gasteiger partial charge on any atom is 0.0625 e. The first-order chi connectivity index (χ1) is 6.93. The van der Waals surface area contributed by atoms with E-state index in [1.807, 2.05) is 0 Å². The predicted octanol–water partition coefficient (Wildman–Crippen LogP) is 4.40. The van der Waals surface area contributed by atoms with Crippen LogP contribution in [-0.4, -0.2) is 4.58 Å². The zero-order chi connectivity index (χ0) is 9.38. The molecule has 0 bridgehead atoms.